The second-order valence-corrected chi connectivity index (χ2v) is 4.62. The summed E-state index contributed by atoms with van der Waals surface area (Å²) < 4.78 is 10.3. The third-order valence-corrected chi connectivity index (χ3v) is 2.96. The number of benzene rings is 1. The molecule has 20 heavy (non-hydrogen) atoms. The molecule has 0 atom stereocenters. The number of carbonyl (C=O) groups excluding carboxylic acids is 1. The average Bonchev–Trinajstić information content (AvgIpc) is 2.85. The molecule has 1 amide bonds. The number of aryl methyl sites for hydroxylation is 1. The topological polar surface area (TPSA) is 77.5 Å². The van der Waals surface area contributed by atoms with E-state index < -0.39 is 0 Å². The highest BCUT2D eigenvalue weighted by Gasteiger charge is 2.12. The number of rotatable bonds is 4. The summed E-state index contributed by atoms with van der Waals surface area (Å²) in [6.45, 7) is 1.77. The second-order valence-electron chi connectivity index (χ2n) is 4.18. The van der Waals surface area contributed by atoms with Gasteiger partial charge in [-0.2, -0.15) is 0 Å². The van der Waals surface area contributed by atoms with Crippen molar-refractivity contribution in [3.63, 3.8) is 0 Å². The minimum atomic E-state index is -0.275. The number of methoxy groups -OCH3 is 1. The van der Waals surface area contributed by atoms with E-state index in [-0.39, 0.29) is 10.9 Å². The SMILES string of the molecule is COc1cc(C(N)=S)ccc1NC(=O)c1coc(C)c1. The van der Waals surface area contributed by atoms with Gasteiger partial charge < -0.3 is 20.2 Å². The Morgan fingerprint density at radius 2 is 2.10 bits per heavy atom. The lowest BCUT2D eigenvalue weighted by molar-refractivity contribution is 0.102. The third kappa shape index (κ3) is 2.97. The fraction of sp³-hybridized carbons (Fsp3) is 0.143. The van der Waals surface area contributed by atoms with Gasteiger partial charge >= 0.3 is 0 Å². The lowest BCUT2D eigenvalue weighted by Crippen LogP contribution is -2.13. The molecule has 2 rings (SSSR count). The summed E-state index contributed by atoms with van der Waals surface area (Å²) >= 11 is 4.90. The van der Waals surface area contributed by atoms with Gasteiger partial charge in [0.2, 0.25) is 0 Å². The summed E-state index contributed by atoms with van der Waals surface area (Å²) in [6, 6.07) is 6.75. The van der Waals surface area contributed by atoms with Crippen molar-refractivity contribution in [1.29, 1.82) is 0 Å². The molecule has 0 saturated carbocycles. The zero-order valence-corrected chi connectivity index (χ0v) is 11.9. The van der Waals surface area contributed by atoms with E-state index in [4.69, 9.17) is 27.1 Å². The first-order valence-corrected chi connectivity index (χ1v) is 6.26. The largest absolute Gasteiger partial charge is 0.495 e. The highest BCUT2D eigenvalue weighted by Crippen LogP contribution is 2.26. The molecule has 0 radical (unpaired) electrons. The third-order valence-electron chi connectivity index (χ3n) is 2.73. The highest BCUT2D eigenvalue weighted by molar-refractivity contribution is 7.80. The number of nitrogens with two attached hydrogens (primary N) is 1. The van der Waals surface area contributed by atoms with E-state index in [1.165, 1.54) is 13.4 Å². The summed E-state index contributed by atoms with van der Waals surface area (Å²) in [5, 5.41) is 2.75. The number of anilines is 1. The predicted molar refractivity (Wildman–Crippen MR) is 80.3 cm³/mol. The molecule has 0 bridgehead atoms. The molecule has 1 aromatic carbocycles. The molecular formula is C14H14N2O3S. The molecular weight excluding hydrogens is 276 g/mol. The monoisotopic (exact) mass is 290 g/mol. The van der Waals surface area contributed by atoms with Crippen LogP contribution in [0.15, 0.2) is 34.9 Å². The summed E-state index contributed by atoms with van der Waals surface area (Å²) in [7, 11) is 1.51. The molecule has 0 spiro atoms. The first-order valence-electron chi connectivity index (χ1n) is 5.85. The van der Waals surface area contributed by atoms with E-state index in [2.05, 4.69) is 5.32 Å². The van der Waals surface area contributed by atoms with Crippen molar-refractivity contribution in [2.75, 3.05) is 12.4 Å². The number of ether oxygens (including phenoxy) is 1. The first kappa shape index (κ1) is 14.1. The van der Waals surface area contributed by atoms with Crippen LogP contribution in [0.25, 0.3) is 0 Å². The van der Waals surface area contributed by atoms with Crippen molar-refractivity contribution < 1.29 is 13.9 Å². The van der Waals surface area contributed by atoms with Crippen LogP contribution in [0.5, 0.6) is 5.75 Å². The van der Waals surface area contributed by atoms with Crippen molar-refractivity contribution in [2.24, 2.45) is 5.73 Å². The zero-order valence-electron chi connectivity index (χ0n) is 11.1. The van der Waals surface area contributed by atoms with Crippen LogP contribution in [-0.2, 0) is 0 Å². The van der Waals surface area contributed by atoms with Crippen molar-refractivity contribution in [3.8, 4) is 5.75 Å². The van der Waals surface area contributed by atoms with Gasteiger partial charge in [-0.1, -0.05) is 12.2 Å². The van der Waals surface area contributed by atoms with Gasteiger partial charge in [0.25, 0.3) is 5.91 Å². The van der Waals surface area contributed by atoms with Crippen molar-refractivity contribution >= 4 is 28.8 Å². The lowest BCUT2D eigenvalue weighted by atomic mass is 10.2. The number of amides is 1. The Labute approximate surface area is 121 Å². The van der Waals surface area contributed by atoms with Gasteiger partial charge in [-0.3, -0.25) is 4.79 Å². The maximum Gasteiger partial charge on any atom is 0.259 e. The molecule has 0 unspecified atom stereocenters. The number of thiocarbonyl (C=S) groups is 1. The van der Waals surface area contributed by atoms with E-state index in [1.807, 2.05) is 0 Å². The molecule has 104 valence electrons. The van der Waals surface area contributed by atoms with Gasteiger partial charge in [-0.25, -0.2) is 0 Å². The molecule has 0 aliphatic heterocycles. The molecule has 1 aromatic heterocycles. The van der Waals surface area contributed by atoms with E-state index >= 15 is 0 Å². The van der Waals surface area contributed by atoms with Crippen LogP contribution in [-0.4, -0.2) is 18.0 Å². The Balaban J connectivity index is 2.25. The van der Waals surface area contributed by atoms with Gasteiger partial charge in [-0.15, -0.1) is 0 Å². The Morgan fingerprint density at radius 3 is 2.65 bits per heavy atom. The van der Waals surface area contributed by atoms with Crippen LogP contribution in [0, 0.1) is 6.92 Å². The minimum Gasteiger partial charge on any atom is -0.495 e. The number of hydrogen-bond donors (Lipinski definition) is 2. The van der Waals surface area contributed by atoms with Crippen molar-refractivity contribution in [1.82, 2.24) is 0 Å². The Bertz CT molecular complexity index is 664. The molecule has 5 nitrogen and oxygen atoms in total. The van der Waals surface area contributed by atoms with Crippen LogP contribution in [0.3, 0.4) is 0 Å². The normalized spacial score (nSPS) is 10.1. The summed E-state index contributed by atoms with van der Waals surface area (Å²) in [5.74, 6) is 0.887. The van der Waals surface area contributed by atoms with Crippen LogP contribution in [0.2, 0.25) is 0 Å². The summed E-state index contributed by atoms with van der Waals surface area (Å²) in [5.41, 5.74) is 7.22. The van der Waals surface area contributed by atoms with Gasteiger partial charge in [0.05, 0.1) is 18.4 Å². The molecule has 0 aliphatic carbocycles. The van der Waals surface area contributed by atoms with Crippen molar-refractivity contribution in [3.05, 3.63) is 47.4 Å². The average molecular weight is 290 g/mol. The predicted octanol–water partition coefficient (Wildman–Crippen LogP) is 2.48. The maximum absolute atomic E-state index is 12.0. The first-order chi connectivity index (χ1) is 9.51. The number of nitrogens with one attached hydrogen (secondary N) is 1. The van der Waals surface area contributed by atoms with Crippen molar-refractivity contribution in [2.45, 2.75) is 6.92 Å². The van der Waals surface area contributed by atoms with Crippen LogP contribution >= 0.6 is 12.2 Å². The quantitative estimate of drug-likeness (QED) is 0.846. The standard InChI is InChI=1S/C14H14N2O3S/c1-8-5-10(7-19-8)14(17)16-11-4-3-9(13(15)20)6-12(11)18-2/h3-7H,1-2H3,(H2,15,20)(H,16,17). The summed E-state index contributed by atoms with van der Waals surface area (Å²) in [6.07, 6.45) is 1.40. The molecule has 6 heteroatoms. The molecule has 1 heterocycles. The Morgan fingerprint density at radius 1 is 1.35 bits per heavy atom. The van der Waals surface area contributed by atoms with E-state index in [0.717, 1.165) is 0 Å². The summed E-state index contributed by atoms with van der Waals surface area (Å²) in [4.78, 5) is 12.3. The highest BCUT2D eigenvalue weighted by atomic mass is 32.1. The molecule has 2 aromatic rings. The Kier molecular flexibility index (Phi) is 4.05. The van der Waals surface area contributed by atoms with E-state index in [9.17, 15) is 4.79 Å². The molecule has 3 N–H and O–H groups in total. The Hall–Kier alpha value is -2.34. The lowest BCUT2D eigenvalue weighted by Gasteiger charge is -2.11. The molecule has 0 fully saturated rings. The van der Waals surface area contributed by atoms with Gasteiger partial charge in [0.15, 0.2) is 0 Å². The molecule has 0 aliphatic rings. The fourth-order valence-corrected chi connectivity index (χ4v) is 1.83. The maximum atomic E-state index is 12.0. The number of furan rings is 1. The minimum absolute atomic E-state index is 0.270. The smallest absolute Gasteiger partial charge is 0.259 e. The number of carbonyl (C=O) groups is 1. The van der Waals surface area contributed by atoms with Crippen LogP contribution in [0.1, 0.15) is 21.7 Å². The van der Waals surface area contributed by atoms with E-state index in [0.29, 0.717) is 28.3 Å². The van der Waals surface area contributed by atoms with Crippen LogP contribution < -0.4 is 15.8 Å². The van der Waals surface area contributed by atoms with E-state index in [1.54, 1.807) is 31.2 Å². The molecule has 0 saturated heterocycles. The van der Waals surface area contributed by atoms with Gasteiger partial charge in [-0.05, 0) is 31.2 Å². The second kappa shape index (κ2) is 5.75. The number of hydrogen-bond acceptors (Lipinski definition) is 4. The van der Waals surface area contributed by atoms with Gasteiger partial charge in [0.1, 0.15) is 22.8 Å². The van der Waals surface area contributed by atoms with Crippen LogP contribution in [0.4, 0.5) is 5.69 Å². The zero-order chi connectivity index (χ0) is 14.7. The fourth-order valence-electron chi connectivity index (χ4n) is 1.70. The van der Waals surface area contributed by atoms with Gasteiger partial charge in [0, 0.05) is 5.56 Å².